The minimum Gasteiger partial charge on any atom is -0.399 e. The molecule has 0 unspecified atom stereocenters. The van der Waals surface area contributed by atoms with E-state index in [1.54, 1.807) is 44.3 Å². The SMILES string of the molecule is Nc1ccc(-c2cccc3sc(SSc4nc5c(-c6ccc(N)cc6)cccc5s4)nc23)cc1. The van der Waals surface area contributed by atoms with Crippen LogP contribution in [0.1, 0.15) is 0 Å². The summed E-state index contributed by atoms with van der Waals surface area (Å²) in [6.07, 6.45) is 0. The molecule has 0 saturated heterocycles. The number of nitrogens with two attached hydrogens (primary N) is 2. The second kappa shape index (κ2) is 8.96. The summed E-state index contributed by atoms with van der Waals surface area (Å²) in [5.41, 5.74) is 19.8. The molecule has 34 heavy (non-hydrogen) atoms. The van der Waals surface area contributed by atoms with Gasteiger partial charge < -0.3 is 11.5 Å². The minimum atomic E-state index is 0.761. The number of hydrogen-bond acceptors (Lipinski definition) is 8. The monoisotopic (exact) mass is 514 g/mol. The second-order valence-electron chi connectivity index (χ2n) is 7.67. The van der Waals surface area contributed by atoms with E-state index in [1.807, 2.05) is 48.5 Å². The summed E-state index contributed by atoms with van der Waals surface area (Å²) in [4.78, 5) is 9.90. The van der Waals surface area contributed by atoms with Crippen molar-refractivity contribution in [3.05, 3.63) is 84.9 Å². The molecule has 0 radical (unpaired) electrons. The highest BCUT2D eigenvalue weighted by molar-refractivity contribution is 8.77. The van der Waals surface area contributed by atoms with E-state index in [0.29, 0.717) is 0 Å². The molecule has 8 heteroatoms. The summed E-state index contributed by atoms with van der Waals surface area (Å²) < 4.78 is 4.38. The van der Waals surface area contributed by atoms with Crippen LogP contribution in [0, 0.1) is 0 Å². The smallest absolute Gasteiger partial charge is 0.162 e. The molecule has 2 heterocycles. The van der Waals surface area contributed by atoms with Crippen LogP contribution in [0.4, 0.5) is 11.4 Å². The van der Waals surface area contributed by atoms with Gasteiger partial charge in [-0.1, -0.05) is 48.5 Å². The number of para-hydroxylation sites is 2. The van der Waals surface area contributed by atoms with Crippen LogP contribution in [0.25, 0.3) is 42.7 Å². The molecule has 0 bridgehead atoms. The lowest BCUT2D eigenvalue weighted by molar-refractivity contribution is 1.30. The van der Waals surface area contributed by atoms with E-state index < -0.39 is 0 Å². The quantitative estimate of drug-likeness (QED) is 0.178. The molecule has 4 aromatic carbocycles. The van der Waals surface area contributed by atoms with Gasteiger partial charge in [-0.2, -0.15) is 0 Å². The Balaban J connectivity index is 1.28. The molecule has 4 nitrogen and oxygen atoms in total. The molecular weight excluding hydrogens is 497 g/mol. The maximum atomic E-state index is 5.86. The van der Waals surface area contributed by atoms with Gasteiger partial charge in [0.2, 0.25) is 0 Å². The predicted molar refractivity (Wildman–Crippen MR) is 151 cm³/mol. The number of rotatable bonds is 5. The fourth-order valence-corrected chi connectivity index (χ4v) is 8.32. The maximum absolute atomic E-state index is 5.86. The lowest BCUT2D eigenvalue weighted by Crippen LogP contribution is -1.85. The molecule has 0 aliphatic heterocycles. The number of aromatic nitrogens is 2. The lowest BCUT2D eigenvalue weighted by Gasteiger charge is -2.03. The fraction of sp³-hybridized carbons (Fsp3) is 0. The largest absolute Gasteiger partial charge is 0.399 e. The van der Waals surface area contributed by atoms with E-state index in [4.69, 9.17) is 21.4 Å². The molecule has 0 aliphatic carbocycles. The van der Waals surface area contributed by atoms with Crippen molar-refractivity contribution in [3.63, 3.8) is 0 Å². The molecular formula is C26H18N4S4. The molecule has 2 aromatic heterocycles. The molecule has 0 saturated carbocycles. The van der Waals surface area contributed by atoms with Crippen LogP contribution in [0.5, 0.6) is 0 Å². The summed E-state index contributed by atoms with van der Waals surface area (Å²) in [5, 5.41) is 0. The number of fused-ring (bicyclic) bond motifs is 2. The molecule has 0 aliphatic rings. The number of anilines is 2. The number of benzene rings is 4. The Morgan fingerprint density at radius 3 is 1.35 bits per heavy atom. The van der Waals surface area contributed by atoms with Gasteiger partial charge in [0.1, 0.15) is 0 Å². The van der Waals surface area contributed by atoms with E-state index in [9.17, 15) is 0 Å². The van der Waals surface area contributed by atoms with Crippen molar-refractivity contribution in [2.75, 3.05) is 11.5 Å². The standard InChI is InChI=1S/C26H18N4S4/c27-17-11-7-15(8-12-17)19-3-1-5-21-23(19)29-25(31-21)33-34-26-30-24-20(4-2-6-22(24)32-26)16-9-13-18(28)14-10-16/h1-14H,27-28H2. The van der Waals surface area contributed by atoms with Crippen LogP contribution < -0.4 is 11.5 Å². The summed E-state index contributed by atoms with van der Waals surface area (Å²) in [6.45, 7) is 0. The van der Waals surface area contributed by atoms with Gasteiger partial charge in [0.25, 0.3) is 0 Å². The van der Waals surface area contributed by atoms with Crippen molar-refractivity contribution in [3.8, 4) is 22.3 Å². The summed E-state index contributed by atoms with van der Waals surface area (Å²) in [6, 6.07) is 28.5. The average molecular weight is 515 g/mol. The fourth-order valence-electron chi connectivity index (χ4n) is 3.79. The van der Waals surface area contributed by atoms with E-state index in [0.717, 1.165) is 53.3 Å². The number of nitrogens with zero attached hydrogens (tertiary/aromatic N) is 2. The van der Waals surface area contributed by atoms with Crippen molar-refractivity contribution in [1.29, 1.82) is 0 Å². The Bertz CT molecular complexity index is 1500. The predicted octanol–water partition coefficient (Wildman–Crippen LogP) is 8.20. The highest BCUT2D eigenvalue weighted by Gasteiger charge is 2.14. The highest BCUT2D eigenvalue weighted by atomic mass is 33.1. The van der Waals surface area contributed by atoms with E-state index in [1.165, 1.54) is 9.40 Å². The molecule has 0 atom stereocenters. The Morgan fingerprint density at radius 2 is 0.941 bits per heavy atom. The molecule has 6 aromatic rings. The normalized spacial score (nSPS) is 11.4. The molecule has 0 fully saturated rings. The zero-order valence-corrected chi connectivity index (χ0v) is 21.0. The third-order valence-electron chi connectivity index (χ3n) is 5.43. The first-order chi connectivity index (χ1) is 16.6. The van der Waals surface area contributed by atoms with Gasteiger partial charge in [0, 0.05) is 22.5 Å². The van der Waals surface area contributed by atoms with Gasteiger partial charge in [-0.25, -0.2) is 9.97 Å². The maximum Gasteiger partial charge on any atom is 0.162 e. The average Bonchev–Trinajstić information content (AvgIpc) is 3.47. The lowest BCUT2D eigenvalue weighted by atomic mass is 10.0. The molecule has 166 valence electrons. The number of hydrogen-bond donors (Lipinski definition) is 2. The van der Waals surface area contributed by atoms with Crippen molar-refractivity contribution in [1.82, 2.24) is 9.97 Å². The van der Waals surface area contributed by atoms with Gasteiger partial charge in [0.15, 0.2) is 8.68 Å². The van der Waals surface area contributed by atoms with Gasteiger partial charge >= 0.3 is 0 Å². The first kappa shape index (κ1) is 21.5. The third-order valence-corrected chi connectivity index (χ3v) is 10.4. The molecule has 0 spiro atoms. The van der Waals surface area contributed by atoms with Crippen molar-refractivity contribution < 1.29 is 0 Å². The van der Waals surface area contributed by atoms with Crippen LogP contribution in [0.15, 0.2) is 93.6 Å². The van der Waals surface area contributed by atoms with Crippen molar-refractivity contribution in [2.45, 2.75) is 8.68 Å². The topological polar surface area (TPSA) is 77.8 Å². The number of nitrogen functional groups attached to an aromatic ring is 2. The Kier molecular flexibility index (Phi) is 5.66. The Morgan fingerprint density at radius 1 is 0.529 bits per heavy atom. The highest BCUT2D eigenvalue weighted by Crippen LogP contribution is 2.45. The van der Waals surface area contributed by atoms with Crippen LogP contribution in [-0.4, -0.2) is 9.97 Å². The van der Waals surface area contributed by atoms with E-state index in [2.05, 4.69) is 36.4 Å². The second-order valence-corrected chi connectivity index (χ2v) is 12.4. The van der Waals surface area contributed by atoms with Gasteiger partial charge in [-0.3, -0.25) is 0 Å². The van der Waals surface area contributed by atoms with Gasteiger partial charge in [-0.15, -0.1) is 22.7 Å². The molecule has 4 N–H and O–H groups in total. The van der Waals surface area contributed by atoms with Crippen LogP contribution in [0.2, 0.25) is 0 Å². The molecule has 6 rings (SSSR count). The van der Waals surface area contributed by atoms with Crippen LogP contribution in [0.3, 0.4) is 0 Å². The zero-order chi connectivity index (χ0) is 23.1. The summed E-state index contributed by atoms with van der Waals surface area (Å²) in [5.74, 6) is 0. The van der Waals surface area contributed by atoms with Crippen LogP contribution in [-0.2, 0) is 0 Å². The van der Waals surface area contributed by atoms with Crippen molar-refractivity contribution in [2.24, 2.45) is 0 Å². The number of thiazole rings is 2. The Hall–Kier alpha value is -3.04. The van der Waals surface area contributed by atoms with E-state index >= 15 is 0 Å². The summed E-state index contributed by atoms with van der Waals surface area (Å²) in [7, 11) is 3.32. The van der Waals surface area contributed by atoms with Gasteiger partial charge in [-0.05, 0) is 69.1 Å². The van der Waals surface area contributed by atoms with Crippen LogP contribution >= 0.6 is 44.3 Å². The minimum absolute atomic E-state index is 0.761. The van der Waals surface area contributed by atoms with E-state index in [-0.39, 0.29) is 0 Å². The molecule has 0 amide bonds. The third kappa shape index (κ3) is 4.14. The first-order valence-corrected chi connectivity index (χ1v) is 14.3. The zero-order valence-electron chi connectivity index (χ0n) is 17.8. The van der Waals surface area contributed by atoms with Gasteiger partial charge in [0.05, 0.1) is 20.4 Å². The van der Waals surface area contributed by atoms with Crippen molar-refractivity contribution >= 4 is 76.1 Å². The first-order valence-electron chi connectivity index (χ1n) is 10.5. The Labute approximate surface area is 212 Å². The summed E-state index contributed by atoms with van der Waals surface area (Å²) >= 11 is 3.42.